The van der Waals surface area contributed by atoms with Crippen molar-refractivity contribution in [1.82, 2.24) is 0 Å². The summed E-state index contributed by atoms with van der Waals surface area (Å²) in [4.78, 5) is 23.5. The van der Waals surface area contributed by atoms with Gasteiger partial charge in [0.15, 0.2) is 5.78 Å². The first-order chi connectivity index (χ1) is 10.9. The van der Waals surface area contributed by atoms with Gasteiger partial charge in [-0.15, -0.1) is 0 Å². The predicted octanol–water partition coefficient (Wildman–Crippen LogP) is 4.40. The number of carbonyl (C=O) groups excluding carboxylic acids is 2. The number of rotatable bonds is 5. The minimum atomic E-state index is -0.386. The smallest absolute Gasteiger partial charge is 0.246 e. The van der Waals surface area contributed by atoms with Crippen molar-refractivity contribution in [2.75, 3.05) is 10.6 Å². The Bertz CT molecular complexity index is 726. The highest BCUT2D eigenvalue weighted by atomic mass is 79.9. The molecule has 2 aromatic rings. The Kier molecular flexibility index (Phi) is 5.55. The molecule has 0 spiro atoms. The molecule has 0 aromatic heterocycles. The van der Waals surface area contributed by atoms with Crippen molar-refractivity contribution in [3.63, 3.8) is 0 Å². The van der Waals surface area contributed by atoms with Crippen molar-refractivity contribution in [2.24, 2.45) is 0 Å². The van der Waals surface area contributed by atoms with Gasteiger partial charge in [-0.3, -0.25) is 9.59 Å². The summed E-state index contributed by atoms with van der Waals surface area (Å²) in [5.74, 6) is -0.135. The minimum absolute atomic E-state index is 0.00326. The van der Waals surface area contributed by atoms with Crippen LogP contribution >= 0.6 is 15.9 Å². The molecule has 0 aliphatic carbocycles. The minimum Gasteiger partial charge on any atom is -0.374 e. The number of anilines is 2. The summed E-state index contributed by atoms with van der Waals surface area (Å²) < 4.78 is 1.03. The molecule has 0 saturated carbocycles. The molecule has 23 heavy (non-hydrogen) atoms. The van der Waals surface area contributed by atoms with Crippen molar-refractivity contribution in [3.05, 3.63) is 58.1 Å². The van der Waals surface area contributed by atoms with Gasteiger partial charge in [-0.25, -0.2) is 0 Å². The van der Waals surface area contributed by atoms with E-state index in [4.69, 9.17) is 0 Å². The van der Waals surface area contributed by atoms with Gasteiger partial charge >= 0.3 is 0 Å². The van der Waals surface area contributed by atoms with Gasteiger partial charge in [-0.2, -0.15) is 0 Å². The number of hydrogen-bond acceptors (Lipinski definition) is 3. The third-order valence-electron chi connectivity index (χ3n) is 3.49. The van der Waals surface area contributed by atoms with E-state index in [1.54, 1.807) is 31.2 Å². The average molecular weight is 375 g/mol. The topological polar surface area (TPSA) is 58.2 Å². The first-order valence-corrected chi connectivity index (χ1v) is 8.10. The second-order valence-electron chi connectivity index (χ2n) is 5.45. The van der Waals surface area contributed by atoms with Crippen LogP contribution in [0.15, 0.2) is 46.9 Å². The molecule has 0 aliphatic heterocycles. The van der Waals surface area contributed by atoms with Gasteiger partial charge in [0.1, 0.15) is 6.04 Å². The second kappa shape index (κ2) is 7.42. The molecule has 2 N–H and O–H groups in total. The summed E-state index contributed by atoms with van der Waals surface area (Å²) >= 11 is 3.45. The van der Waals surface area contributed by atoms with Gasteiger partial charge in [-0.1, -0.05) is 15.9 Å². The molecule has 0 fully saturated rings. The number of carbonyl (C=O) groups is 2. The highest BCUT2D eigenvalue weighted by molar-refractivity contribution is 9.10. The van der Waals surface area contributed by atoms with Crippen molar-refractivity contribution in [1.29, 1.82) is 0 Å². The predicted molar refractivity (Wildman–Crippen MR) is 97.0 cm³/mol. The SMILES string of the molecule is CC(=O)c1ccc(NC(=O)[C@H](C)Nc2ccc(Br)c(C)c2)cc1. The number of amides is 1. The van der Waals surface area contributed by atoms with Gasteiger partial charge in [0.05, 0.1) is 0 Å². The maximum Gasteiger partial charge on any atom is 0.246 e. The van der Waals surface area contributed by atoms with E-state index in [9.17, 15) is 9.59 Å². The van der Waals surface area contributed by atoms with Crippen LogP contribution in [0.5, 0.6) is 0 Å². The lowest BCUT2D eigenvalue weighted by atomic mass is 10.1. The highest BCUT2D eigenvalue weighted by Gasteiger charge is 2.13. The van der Waals surface area contributed by atoms with Gasteiger partial charge < -0.3 is 10.6 Å². The zero-order chi connectivity index (χ0) is 17.0. The average Bonchev–Trinajstić information content (AvgIpc) is 2.51. The Hall–Kier alpha value is -2.14. The van der Waals surface area contributed by atoms with E-state index < -0.39 is 0 Å². The Morgan fingerprint density at radius 3 is 2.22 bits per heavy atom. The summed E-state index contributed by atoms with van der Waals surface area (Å²) in [5.41, 5.74) is 3.28. The fourth-order valence-electron chi connectivity index (χ4n) is 2.09. The number of nitrogens with one attached hydrogen (secondary N) is 2. The van der Waals surface area contributed by atoms with Crippen LogP contribution < -0.4 is 10.6 Å². The van der Waals surface area contributed by atoms with E-state index in [0.29, 0.717) is 11.3 Å². The van der Waals surface area contributed by atoms with Crippen molar-refractivity contribution < 1.29 is 9.59 Å². The van der Waals surface area contributed by atoms with E-state index in [2.05, 4.69) is 26.6 Å². The van der Waals surface area contributed by atoms with E-state index in [1.165, 1.54) is 6.92 Å². The molecular weight excluding hydrogens is 356 g/mol. The Morgan fingerprint density at radius 2 is 1.65 bits per heavy atom. The lowest BCUT2D eigenvalue weighted by molar-refractivity contribution is -0.116. The number of aryl methyl sites for hydroxylation is 1. The Morgan fingerprint density at radius 1 is 1.04 bits per heavy atom. The molecule has 4 nitrogen and oxygen atoms in total. The lowest BCUT2D eigenvalue weighted by Crippen LogP contribution is -2.31. The summed E-state index contributed by atoms with van der Waals surface area (Å²) in [7, 11) is 0. The maximum atomic E-state index is 12.2. The third kappa shape index (κ3) is 4.66. The maximum absolute atomic E-state index is 12.2. The van der Waals surface area contributed by atoms with Crippen molar-refractivity contribution in [3.8, 4) is 0 Å². The van der Waals surface area contributed by atoms with Gasteiger partial charge in [0.2, 0.25) is 5.91 Å². The van der Waals surface area contributed by atoms with Crippen LogP contribution in [0.4, 0.5) is 11.4 Å². The van der Waals surface area contributed by atoms with E-state index >= 15 is 0 Å². The Balaban J connectivity index is 1.99. The molecule has 2 aromatic carbocycles. The molecule has 120 valence electrons. The number of benzene rings is 2. The van der Waals surface area contributed by atoms with Crippen LogP contribution in [0.25, 0.3) is 0 Å². The van der Waals surface area contributed by atoms with Crippen LogP contribution in [-0.2, 0) is 4.79 Å². The number of ketones is 1. The van der Waals surface area contributed by atoms with Gasteiger partial charge in [0, 0.05) is 21.4 Å². The van der Waals surface area contributed by atoms with Crippen LogP contribution in [0.1, 0.15) is 29.8 Å². The largest absolute Gasteiger partial charge is 0.374 e. The molecule has 1 amide bonds. The Labute approximate surface area is 144 Å². The fraction of sp³-hybridized carbons (Fsp3) is 0.222. The third-order valence-corrected chi connectivity index (χ3v) is 4.38. The van der Waals surface area contributed by atoms with Crippen LogP contribution in [0.3, 0.4) is 0 Å². The van der Waals surface area contributed by atoms with Gasteiger partial charge in [-0.05, 0) is 68.8 Å². The quantitative estimate of drug-likeness (QED) is 0.762. The summed E-state index contributed by atoms with van der Waals surface area (Å²) in [6, 6.07) is 12.3. The molecular formula is C18H19BrN2O2. The summed E-state index contributed by atoms with van der Waals surface area (Å²) in [6.45, 7) is 5.31. The standard InChI is InChI=1S/C18H19BrN2O2/c1-11-10-16(8-9-17(11)19)20-12(2)18(23)21-15-6-4-14(5-7-15)13(3)22/h4-10,12,20H,1-3H3,(H,21,23)/t12-/m0/s1. The number of Topliss-reactive ketones (excluding diaryl/α,β-unsaturated/α-hetero) is 1. The summed E-state index contributed by atoms with van der Waals surface area (Å²) in [6.07, 6.45) is 0. The molecule has 0 aliphatic rings. The molecule has 0 bridgehead atoms. The molecule has 0 radical (unpaired) electrons. The van der Waals surface area contributed by atoms with Crippen LogP contribution in [0, 0.1) is 6.92 Å². The van der Waals surface area contributed by atoms with Crippen molar-refractivity contribution in [2.45, 2.75) is 26.8 Å². The number of halogens is 1. The zero-order valence-corrected chi connectivity index (χ0v) is 14.9. The zero-order valence-electron chi connectivity index (χ0n) is 13.3. The molecule has 2 rings (SSSR count). The van der Waals surface area contributed by atoms with E-state index in [1.807, 2.05) is 25.1 Å². The fourth-order valence-corrected chi connectivity index (χ4v) is 2.34. The second-order valence-corrected chi connectivity index (χ2v) is 6.31. The molecule has 0 unspecified atom stereocenters. The first-order valence-electron chi connectivity index (χ1n) is 7.31. The summed E-state index contributed by atoms with van der Waals surface area (Å²) in [5, 5.41) is 6.00. The highest BCUT2D eigenvalue weighted by Crippen LogP contribution is 2.20. The first kappa shape index (κ1) is 17.2. The van der Waals surface area contributed by atoms with Crippen LogP contribution in [0.2, 0.25) is 0 Å². The van der Waals surface area contributed by atoms with E-state index in [0.717, 1.165) is 15.7 Å². The molecule has 5 heteroatoms. The lowest BCUT2D eigenvalue weighted by Gasteiger charge is -2.16. The van der Waals surface area contributed by atoms with Gasteiger partial charge in [0.25, 0.3) is 0 Å². The molecule has 0 saturated heterocycles. The van der Waals surface area contributed by atoms with Crippen LogP contribution in [-0.4, -0.2) is 17.7 Å². The molecule has 1 atom stereocenters. The normalized spacial score (nSPS) is 11.7. The van der Waals surface area contributed by atoms with Crippen molar-refractivity contribution >= 4 is 39.0 Å². The molecule has 0 heterocycles. The number of hydrogen-bond donors (Lipinski definition) is 2. The monoisotopic (exact) mass is 374 g/mol. The van der Waals surface area contributed by atoms with E-state index in [-0.39, 0.29) is 17.7 Å².